The Morgan fingerprint density at radius 2 is 1.96 bits per heavy atom. The number of nitrogens with one attached hydrogen (secondary N) is 1. The molecule has 0 aliphatic carbocycles. The normalized spacial score (nSPS) is 16.1. The molecule has 0 saturated carbocycles. The zero-order valence-corrected chi connectivity index (χ0v) is 15.6. The predicted molar refractivity (Wildman–Crippen MR) is 96.8 cm³/mol. The fraction of sp³-hybridized carbons (Fsp3) is 0.529. The number of hydrogen-bond donors (Lipinski definition) is 1. The van der Waals surface area contributed by atoms with Gasteiger partial charge in [-0.05, 0) is 31.4 Å². The summed E-state index contributed by atoms with van der Waals surface area (Å²) in [5.74, 6) is 0.656. The number of piperidine rings is 1. The largest absolute Gasteiger partial charge is 0.366 e. The average Bonchev–Trinajstić information content (AvgIpc) is 3.01. The van der Waals surface area contributed by atoms with E-state index in [0.29, 0.717) is 25.5 Å². The van der Waals surface area contributed by atoms with Gasteiger partial charge in [-0.25, -0.2) is 13.4 Å². The molecule has 0 unspecified atom stereocenters. The molecular weight excluding hydrogens is 338 g/mol. The molecule has 0 atom stereocenters. The maximum absolute atomic E-state index is 12.6. The van der Waals surface area contributed by atoms with E-state index >= 15 is 0 Å². The molecule has 1 N–H and O–H groups in total. The Kier molecular flexibility index (Phi) is 5.39. The summed E-state index contributed by atoms with van der Waals surface area (Å²) in [6.07, 6.45) is 7.26. The summed E-state index contributed by atoms with van der Waals surface area (Å²) in [6, 6.07) is 3.35. The fourth-order valence-corrected chi connectivity index (χ4v) is 4.57. The van der Waals surface area contributed by atoms with Crippen molar-refractivity contribution in [1.82, 2.24) is 19.1 Å². The number of nitrogens with zero attached hydrogens (tertiary/aromatic N) is 4. The van der Waals surface area contributed by atoms with Gasteiger partial charge in [-0.3, -0.25) is 4.68 Å². The van der Waals surface area contributed by atoms with Crippen molar-refractivity contribution in [2.75, 3.05) is 18.4 Å². The first-order valence-corrected chi connectivity index (χ1v) is 10.2. The van der Waals surface area contributed by atoms with Gasteiger partial charge in [-0.15, -0.1) is 0 Å². The van der Waals surface area contributed by atoms with Crippen LogP contribution >= 0.6 is 0 Å². The summed E-state index contributed by atoms with van der Waals surface area (Å²) in [4.78, 5) is 4.53. The van der Waals surface area contributed by atoms with E-state index in [-0.39, 0.29) is 4.90 Å². The monoisotopic (exact) mass is 363 g/mol. The molecule has 25 heavy (non-hydrogen) atoms. The van der Waals surface area contributed by atoms with E-state index in [4.69, 9.17) is 0 Å². The minimum atomic E-state index is -3.42. The minimum Gasteiger partial charge on any atom is -0.366 e. The van der Waals surface area contributed by atoms with E-state index in [9.17, 15) is 8.42 Å². The second kappa shape index (κ2) is 7.53. The van der Waals surface area contributed by atoms with E-state index in [1.807, 2.05) is 13.2 Å². The van der Waals surface area contributed by atoms with Crippen molar-refractivity contribution in [3.8, 4) is 0 Å². The van der Waals surface area contributed by atoms with Gasteiger partial charge in [0.15, 0.2) is 0 Å². The molecule has 7 nitrogen and oxygen atoms in total. The SMILES string of the molecule is CCc1nn(C)cc1CNc1ccc(S(=O)(=O)N2CCCCC2)cn1. The number of pyridine rings is 1. The maximum atomic E-state index is 12.6. The molecule has 8 heteroatoms. The molecule has 0 spiro atoms. The van der Waals surface area contributed by atoms with Crippen LogP contribution in [0.2, 0.25) is 0 Å². The van der Waals surface area contributed by atoms with Crippen LogP contribution in [0, 0.1) is 0 Å². The van der Waals surface area contributed by atoms with Crippen molar-refractivity contribution in [3.63, 3.8) is 0 Å². The van der Waals surface area contributed by atoms with Crippen LogP contribution in [-0.2, 0) is 30.0 Å². The number of sulfonamides is 1. The Labute approximate surface area is 149 Å². The van der Waals surface area contributed by atoms with Crippen LogP contribution in [0.25, 0.3) is 0 Å². The molecule has 0 amide bonds. The summed E-state index contributed by atoms with van der Waals surface area (Å²) in [5.41, 5.74) is 2.18. The van der Waals surface area contributed by atoms with Crippen LogP contribution in [-0.4, -0.2) is 40.6 Å². The van der Waals surface area contributed by atoms with Crippen LogP contribution in [0.3, 0.4) is 0 Å². The second-order valence-corrected chi connectivity index (χ2v) is 8.26. The van der Waals surface area contributed by atoms with E-state index in [1.165, 1.54) is 6.20 Å². The zero-order valence-electron chi connectivity index (χ0n) is 14.8. The lowest BCUT2D eigenvalue weighted by Crippen LogP contribution is -2.35. The van der Waals surface area contributed by atoms with Gasteiger partial charge in [0, 0.05) is 44.6 Å². The lowest BCUT2D eigenvalue weighted by molar-refractivity contribution is 0.346. The van der Waals surface area contributed by atoms with Gasteiger partial charge >= 0.3 is 0 Å². The van der Waals surface area contributed by atoms with Gasteiger partial charge in [0.05, 0.1) is 5.69 Å². The van der Waals surface area contributed by atoms with E-state index in [2.05, 4.69) is 22.3 Å². The summed E-state index contributed by atoms with van der Waals surface area (Å²) in [6.45, 7) is 3.89. The maximum Gasteiger partial charge on any atom is 0.244 e. The Bertz CT molecular complexity index is 808. The highest BCUT2D eigenvalue weighted by atomic mass is 32.2. The van der Waals surface area contributed by atoms with Crippen LogP contribution in [0.1, 0.15) is 37.4 Å². The molecular formula is C17H25N5O2S. The number of aromatic nitrogens is 3. The van der Waals surface area contributed by atoms with Crippen molar-refractivity contribution in [1.29, 1.82) is 0 Å². The quantitative estimate of drug-likeness (QED) is 0.851. The highest BCUT2D eigenvalue weighted by molar-refractivity contribution is 7.89. The first-order chi connectivity index (χ1) is 12.0. The number of aryl methyl sites for hydroxylation is 2. The highest BCUT2D eigenvalue weighted by Crippen LogP contribution is 2.21. The van der Waals surface area contributed by atoms with Gasteiger partial charge in [-0.2, -0.15) is 9.40 Å². The zero-order chi connectivity index (χ0) is 17.9. The first kappa shape index (κ1) is 17.9. The van der Waals surface area contributed by atoms with Crippen molar-refractivity contribution >= 4 is 15.8 Å². The Hall–Kier alpha value is -1.93. The van der Waals surface area contributed by atoms with Gasteiger partial charge < -0.3 is 5.32 Å². The van der Waals surface area contributed by atoms with Gasteiger partial charge in [0.1, 0.15) is 10.7 Å². The molecule has 1 saturated heterocycles. The van der Waals surface area contributed by atoms with Crippen molar-refractivity contribution in [2.24, 2.45) is 7.05 Å². The fourth-order valence-electron chi connectivity index (χ4n) is 3.11. The molecule has 0 aromatic carbocycles. The van der Waals surface area contributed by atoms with Crippen LogP contribution in [0.15, 0.2) is 29.4 Å². The van der Waals surface area contributed by atoms with Crippen LogP contribution < -0.4 is 5.32 Å². The Morgan fingerprint density at radius 3 is 2.60 bits per heavy atom. The van der Waals surface area contributed by atoms with Gasteiger partial charge in [-0.1, -0.05) is 13.3 Å². The summed E-state index contributed by atoms with van der Waals surface area (Å²) < 4.78 is 28.6. The molecule has 0 bridgehead atoms. The predicted octanol–water partition coefficient (Wildman–Crippen LogP) is 2.16. The molecule has 3 heterocycles. The summed E-state index contributed by atoms with van der Waals surface area (Å²) >= 11 is 0. The van der Waals surface area contributed by atoms with Gasteiger partial charge in [0.25, 0.3) is 0 Å². The number of anilines is 1. The minimum absolute atomic E-state index is 0.260. The molecule has 1 fully saturated rings. The Balaban J connectivity index is 1.67. The topological polar surface area (TPSA) is 80.1 Å². The van der Waals surface area contributed by atoms with Crippen molar-refractivity contribution < 1.29 is 8.42 Å². The van der Waals surface area contributed by atoms with Gasteiger partial charge in [0.2, 0.25) is 10.0 Å². The van der Waals surface area contributed by atoms with E-state index in [1.54, 1.807) is 21.1 Å². The molecule has 3 rings (SSSR count). The lowest BCUT2D eigenvalue weighted by atomic mass is 10.2. The molecule has 2 aromatic heterocycles. The first-order valence-electron chi connectivity index (χ1n) is 8.72. The van der Waals surface area contributed by atoms with Crippen LogP contribution in [0.4, 0.5) is 5.82 Å². The Morgan fingerprint density at radius 1 is 1.20 bits per heavy atom. The van der Waals surface area contributed by atoms with E-state index in [0.717, 1.165) is 36.9 Å². The standard InChI is InChI=1S/C17H25N5O2S/c1-3-16-14(13-21(2)20-16)11-18-17-8-7-15(12-19-17)25(23,24)22-9-5-4-6-10-22/h7-8,12-13H,3-6,9-11H2,1-2H3,(H,18,19). The average molecular weight is 363 g/mol. The summed E-state index contributed by atoms with van der Waals surface area (Å²) in [5, 5.41) is 7.65. The third kappa shape index (κ3) is 4.01. The highest BCUT2D eigenvalue weighted by Gasteiger charge is 2.26. The van der Waals surface area contributed by atoms with Crippen molar-refractivity contribution in [3.05, 3.63) is 35.8 Å². The molecule has 1 aliphatic rings. The molecule has 136 valence electrons. The van der Waals surface area contributed by atoms with E-state index < -0.39 is 10.0 Å². The van der Waals surface area contributed by atoms with Crippen LogP contribution in [0.5, 0.6) is 0 Å². The molecule has 0 radical (unpaired) electrons. The molecule has 2 aromatic rings. The van der Waals surface area contributed by atoms with Crippen molar-refractivity contribution in [2.45, 2.75) is 44.0 Å². The third-order valence-electron chi connectivity index (χ3n) is 4.48. The summed E-state index contributed by atoms with van der Waals surface area (Å²) in [7, 11) is -1.52. The second-order valence-electron chi connectivity index (χ2n) is 6.33. The smallest absolute Gasteiger partial charge is 0.244 e. The third-order valence-corrected chi connectivity index (χ3v) is 6.36. The molecule has 1 aliphatic heterocycles. The number of rotatable bonds is 6. The lowest BCUT2D eigenvalue weighted by Gasteiger charge is -2.25. The number of hydrogen-bond acceptors (Lipinski definition) is 5.